The minimum atomic E-state index is -0.622. The standard InChI is InChI=1S/C19H14N4O6S/c1-11-9-14(23(27)28)5-6-15(11)20-19(30)21-18(24)17-8-7-16(29-17)12-3-2-4-13(10-12)22(25)26/h2-10H,1H3,(H2,20,21,24,30). The van der Waals surface area contributed by atoms with E-state index >= 15 is 0 Å². The molecule has 0 atom stereocenters. The van der Waals surface area contributed by atoms with Crippen LogP contribution in [0.1, 0.15) is 16.1 Å². The fraction of sp³-hybridized carbons (Fsp3) is 0.0526. The zero-order valence-electron chi connectivity index (χ0n) is 15.4. The molecule has 30 heavy (non-hydrogen) atoms. The number of nitrogens with zero attached hydrogens (tertiary/aromatic N) is 2. The summed E-state index contributed by atoms with van der Waals surface area (Å²) in [6, 6.07) is 12.9. The minimum Gasteiger partial charge on any atom is -0.451 e. The van der Waals surface area contributed by atoms with Crippen LogP contribution in [0.2, 0.25) is 0 Å². The van der Waals surface area contributed by atoms with E-state index in [1.807, 2.05) is 0 Å². The van der Waals surface area contributed by atoms with Gasteiger partial charge >= 0.3 is 0 Å². The van der Waals surface area contributed by atoms with Crippen LogP contribution in [0.15, 0.2) is 59.0 Å². The van der Waals surface area contributed by atoms with Crippen LogP contribution in [0.25, 0.3) is 11.3 Å². The van der Waals surface area contributed by atoms with Crippen LogP contribution in [-0.2, 0) is 0 Å². The van der Waals surface area contributed by atoms with Gasteiger partial charge in [-0.25, -0.2) is 0 Å². The Morgan fingerprint density at radius 3 is 2.37 bits per heavy atom. The van der Waals surface area contributed by atoms with E-state index in [-0.39, 0.29) is 28.0 Å². The maximum Gasteiger partial charge on any atom is 0.293 e. The second-order valence-electron chi connectivity index (χ2n) is 6.14. The van der Waals surface area contributed by atoms with E-state index < -0.39 is 15.8 Å². The fourth-order valence-electron chi connectivity index (χ4n) is 2.61. The molecule has 0 saturated carbocycles. The molecule has 0 aliphatic heterocycles. The van der Waals surface area contributed by atoms with E-state index in [0.717, 1.165) is 0 Å². The molecule has 0 aliphatic rings. The molecule has 0 aliphatic carbocycles. The molecule has 1 heterocycles. The van der Waals surface area contributed by atoms with E-state index in [1.54, 1.807) is 13.0 Å². The average molecular weight is 426 g/mol. The highest BCUT2D eigenvalue weighted by Crippen LogP contribution is 2.26. The third-order valence-electron chi connectivity index (χ3n) is 4.07. The molecule has 2 aromatic carbocycles. The number of aryl methyl sites for hydroxylation is 1. The zero-order chi connectivity index (χ0) is 21.8. The monoisotopic (exact) mass is 426 g/mol. The molecule has 1 amide bonds. The number of furan rings is 1. The van der Waals surface area contributed by atoms with E-state index in [2.05, 4.69) is 10.6 Å². The van der Waals surface area contributed by atoms with E-state index in [1.165, 1.54) is 48.5 Å². The van der Waals surface area contributed by atoms with Gasteiger partial charge in [0.1, 0.15) is 5.76 Å². The number of non-ortho nitro benzene ring substituents is 2. The lowest BCUT2D eigenvalue weighted by atomic mass is 10.1. The van der Waals surface area contributed by atoms with E-state index in [0.29, 0.717) is 16.8 Å². The third-order valence-corrected chi connectivity index (χ3v) is 4.27. The first-order valence-electron chi connectivity index (χ1n) is 8.46. The van der Waals surface area contributed by atoms with Crippen molar-refractivity contribution in [3.63, 3.8) is 0 Å². The largest absolute Gasteiger partial charge is 0.451 e. The highest BCUT2D eigenvalue weighted by Gasteiger charge is 2.16. The van der Waals surface area contributed by atoms with Crippen molar-refractivity contribution in [2.45, 2.75) is 6.92 Å². The van der Waals surface area contributed by atoms with Crippen LogP contribution in [0.5, 0.6) is 0 Å². The molecule has 3 aromatic rings. The van der Waals surface area contributed by atoms with Gasteiger partial charge in [0.05, 0.1) is 9.85 Å². The van der Waals surface area contributed by atoms with Crippen molar-refractivity contribution in [2.75, 3.05) is 5.32 Å². The van der Waals surface area contributed by atoms with Crippen LogP contribution in [0, 0.1) is 27.2 Å². The summed E-state index contributed by atoms with van der Waals surface area (Å²) in [6.45, 7) is 1.66. The highest BCUT2D eigenvalue weighted by molar-refractivity contribution is 7.80. The average Bonchev–Trinajstić information content (AvgIpc) is 3.20. The second kappa shape index (κ2) is 8.49. The first-order valence-corrected chi connectivity index (χ1v) is 8.87. The molecular formula is C19H14N4O6S. The summed E-state index contributed by atoms with van der Waals surface area (Å²) in [6.07, 6.45) is 0. The van der Waals surface area contributed by atoms with Crippen molar-refractivity contribution in [3.05, 3.63) is 86.1 Å². The highest BCUT2D eigenvalue weighted by atomic mass is 32.1. The van der Waals surface area contributed by atoms with Gasteiger partial charge in [0.25, 0.3) is 17.3 Å². The van der Waals surface area contributed by atoms with Gasteiger partial charge < -0.3 is 9.73 Å². The molecular weight excluding hydrogens is 412 g/mol. The van der Waals surface area contributed by atoms with Crippen LogP contribution >= 0.6 is 12.2 Å². The minimum absolute atomic E-state index is 0.0229. The Morgan fingerprint density at radius 2 is 1.70 bits per heavy atom. The number of hydrogen-bond donors (Lipinski definition) is 2. The predicted molar refractivity (Wildman–Crippen MR) is 112 cm³/mol. The van der Waals surface area contributed by atoms with Gasteiger partial charge in [-0.3, -0.25) is 30.3 Å². The molecule has 10 nitrogen and oxygen atoms in total. The van der Waals surface area contributed by atoms with Gasteiger partial charge in [0.2, 0.25) is 0 Å². The molecule has 2 N–H and O–H groups in total. The van der Waals surface area contributed by atoms with Gasteiger partial charge in [-0.2, -0.15) is 0 Å². The van der Waals surface area contributed by atoms with Crippen molar-refractivity contribution in [2.24, 2.45) is 0 Å². The topological polar surface area (TPSA) is 141 Å². The summed E-state index contributed by atoms with van der Waals surface area (Å²) < 4.78 is 5.49. The van der Waals surface area contributed by atoms with Crippen LogP contribution in [0.3, 0.4) is 0 Å². The van der Waals surface area contributed by atoms with Gasteiger partial charge in [-0.05, 0) is 42.9 Å². The van der Waals surface area contributed by atoms with E-state index in [4.69, 9.17) is 16.6 Å². The van der Waals surface area contributed by atoms with Crippen LogP contribution in [-0.4, -0.2) is 20.9 Å². The van der Waals surface area contributed by atoms with Gasteiger partial charge in [-0.1, -0.05) is 12.1 Å². The number of carbonyl (C=O) groups is 1. The van der Waals surface area contributed by atoms with Gasteiger partial charge in [0.15, 0.2) is 10.9 Å². The zero-order valence-corrected chi connectivity index (χ0v) is 16.3. The lowest BCUT2D eigenvalue weighted by Crippen LogP contribution is -2.34. The number of carbonyl (C=O) groups excluding carboxylic acids is 1. The summed E-state index contributed by atoms with van der Waals surface area (Å²) in [5.41, 5.74) is 1.37. The number of nitro groups is 2. The molecule has 0 fully saturated rings. The Labute approximate surface area is 174 Å². The number of thiocarbonyl (C=S) groups is 1. The second-order valence-corrected chi connectivity index (χ2v) is 6.54. The molecule has 0 unspecified atom stereocenters. The first-order chi connectivity index (χ1) is 14.2. The quantitative estimate of drug-likeness (QED) is 0.351. The van der Waals surface area contributed by atoms with Gasteiger partial charge in [-0.15, -0.1) is 0 Å². The Balaban J connectivity index is 1.68. The number of hydrogen-bond acceptors (Lipinski definition) is 7. The molecule has 3 rings (SSSR count). The maximum atomic E-state index is 12.4. The molecule has 11 heteroatoms. The van der Waals surface area contributed by atoms with Crippen molar-refractivity contribution in [3.8, 4) is 11.3 Å². The molecule has 0 spiro atoms. The number of amides is 1. The van der Waals surface area contributed by atoms with Gasteiger partial charge in [0, 0.05) is 35.5 Å². The van der Waals surface area contributed by atoms with Crippen molar-refractivity contribution in [1.29, 1.82) is 0 Å². The van der Waals surface area contributed by atoms with Crippen molar-refractivity contribution in [1.82, 2.24) is 5.32 Å². The Bertz CT molecular complexity index is 1170. The number of rotatable bonds is 5. The first kappa shape index (κ1) is 20.6. The van der Waals surface area contributed by atoms with E-state index in [9.17, 15) is 25.0 Å². The number of anilines is 1. The number of nitro benzene ring substituents is 2. The summed E-state index contributed by atoms with van der Waals surface area (Å²) in [4.78, 5) is 33.0. The lowest BCUT2D eigenvalue weighted by molar-refractivity contribution is -0.385. The van der Waals surface area contributed by atoms with Crippen LogP contribution < -0.4 is 10.6 Å². The maximum absolute atomic E-state index is 12.4. The predicted octanol–water partition coefficient (Wildman–Crippen LogP) is 4.20. The molecule has 0 radical (unpaired) electrons. The summed E-state index contributed by atoms with van der Waals surface area (Å²) in [5.74, 6) is -0.376. The fourth-order valence-corrected chi connectivity index (χ4v) is 2.81. The number of benzene rings is 2. The summed E-state index contributed by atoms with van der Waals surface area (Å²) in [7, 11) is 0. The molecule has 1 aromatic heterocycles. The molecule has 0 bridgehead atoms. The lowest BCUT2D eigenvalue weighted by Gasteiger charge is -2.10. The SMILES string of the molecule is Cc1cc([N+](=O)[O-])ccc1NC(=S)NC(=O)c1ccc(-c2cccc([N+](=O)[O-])c2)o1. The van der Waals surface area contributed by atoms with Crippen molar-refractivity contribution < 1.29 is 19.1 Å². The van der Waals surface area contributed by atoms with Crippen molar-refractivity contribution >= 4 is 40.3 Å². The Morgan fingerprint density at radius 1 is 1.00 bits per heavy atom. The Hall–Kier alpha value is -4.12. The summed E-state index contributed by atoms with van der Waals surface area (Å²) in [5, 5.41) is 26.9. The van der Waals surface area contributed by atoms with Crippen LogP contribution in [0.4, 0.5) is 17.1 Å². The Kier molecular flexibility index (Phi) is 5.83. The third kappa shape index (κ3) is 4.64. The molecule has 0 saturated heterocycles. The number of nitrogens with one attached hydrogen (secondary N) is 2. The molecule has 152 valence electrons. The normalized spacial score (nSPS) is 10.3. The summed E-state index contributed by atoms with van der Waals surface area (Å²) >= 11 is 5.11. The smallest absolute Gasteiger partial charge is 0.293 e.